The first kappa shape index (κ1) is 12.1. The molecule has 82 valence electrons. The molecule has 0 heterocycles. The Kier molecular flexibility index (Phi) is 3.96. The minimum absolute atomic E-state index is 0.129. The third-order valence-electron chi connectivity index (χ3n) is 2.11. The van der Waals surface area contributed by atoms with E-state index in [4.69, 9.17) is 15.6 Å². The molecule has 16 heavy (non-hydrogen) atoms. The number of rotatable bonds is 3. The minimum Gasteiger partial charge on any atom is -0.385 e. The van der Waals surface area contributed by atoms with Gasteiger partial charge in [0.1, 0.15) is 11.9 Å². The average Bonchev–Trinajstić information content (AvgIpc) is 2.30. The van der Waals surface area contributed by atoms with Crippen LogP contribution >= 0.6 is 0 Å². The molecule has 0 amide bonds. The van der Waals surface area contributed by atoms with Crippen molar-refractivity contribution in [3.8, 4) is 12.1 Å². The smallest absolute Gasteiger partial charge is 0.170 e. The highest BCUT2D eigenvalue weighted by atomic mass is 19.1. The van der Waals surface area contributed by atoms with E-state index in [1.54, 1.807) is 6.07 Å². The second-order valence-corrected chi connectivity index (χ2v) is 3.20. The van der Waals surface area contributed by atoms with Crippen LogP contribution in [0, 0.1) is 28.5 Å². The molecule has 0 aliphatic heterocycles. The molecule has 1 rings (SSSR count). The largest absolute Gasteiger partial charge is 0.385 e. The summed E-state index contributed by atoms with van der Waals surface area (Å²) in [7, 11) is 0. The Morgan fingerprint density at radius 2 is 2.00 bits per heavy atom. The van der Waals surface area contributed by atoms with Gasteiger partial charge in [0, 0.05) is 5.56 Å². The van der Waals surface area contributed by atoms with Crippen LogP contribution in [0.5, 0.6) is 0 Å². The number of nitrogens with zero attached hydrogens (tertiary/aromatic N) is 2. The summed E-state index contributed by atoms with van der Waals surface area (Å²) >= 11 is 0. The molecule has 0 radical (unpaired) electrons. The van der Waals surface area contributed by atoms with Crippen LogP contribution < -0.4 is 0 Å². The number of benzene rings is 1. The Balaban J connectivity index is 3.04. The lowest BCUT2D eigenvalue weighted by atomic mass is 10.0. The van der Waals surface area contributed by atoms with E-state index >= 15 is 0 Å². The zero-order valence-corrected chi connectivity index (χ0v) is 8.26. The zero-order chi connectivity index (χ0) is 12.1. The number of aliphatic hydroxyl groups is 2. The zero-order valence-electron chi connectivity index (χ0n) is 8.26. The van der Waals surface area contributed by atoms with Gasteiger partial charge in [-0.3, -0.25) is 0 Å². The molecule has 5 heteroatoms. The molecule has 2 unspecified atom stereocenters. The van der Waals surface area contributed by atoms with Crippen LogP contribution in [-0.2, 0) is 6.42 Å². The van der Waals surface area contributed by atoms with Crippen LogP contribution in [0.1, 0.15) is 17.2 Å². The molecule has 1 aromatic rings. The summed E-state index contributed by atoms with van der Waals surface area (Å²) in [5.41, 5.74) is 0.338. The van der Waals surface area contributed by atoms with Crippen LogP contribution in [0.4, 0.5) is 4.39 Å². The molecule has 0 fully saturated rings. The van der Waals surface area contributed by atoms with Crippen LogP contribution in [0.3, 0.4) is 0 Å². The topological polar surface area (TPSA) is 88.0 Å². The summed E-state index contributed by atoms with van der Waals surface area (Å²) in [4.78, 5) is 0. The van der Waals surface area contributed by atoms with E-state index in [1.165, 1.54) is 18.2 Å². The number of hydrogen-bond acceptors (Lipinski definition) is 4. The van der Waals surface area contributed by atoms with Gasteiger partial charge in [-0.25, -0.2) is 4.39 Å². The second-order valence-electron chi connectivity index (χ2n) is 3.20. The highest BCUT2D eigenvalue weighted by Crippen LogP contribution is 2.20. The first-order valence-corrected chi connectivity index (χ1v) is 4.51. The van der Waals surface area contributed by atoms with Crippen molar-refractivity contribution in [1.82, 2.24) is 0 Å². The van der Waals surface area contributed by atoms with Crippen molar-refractivity contribution in [2.24, 2.45) is 0 Å². The average molecular weight is 220 g/mol. The van der Waals surface area contributed by atoms with E-state index in [0.717, 1.165) is 6.07 Å². The van der Waals surface area contributed by atoms with Crippen molar-refractivity contribution in [3.05, 3.63) is 35.1 Å². The van der Waals surface area contributed by atoms with Gasteiger partial charge < -0.3 is 10.2 Å². The maximum absolute atomic E-state index is 13.1. The molecule has 0 aromatic heterocycles. The fourth-order valence-electron chi connectivity index (χ4n) is 1.25. The maximum Gasteiger partial charge on any atom is 0.170 e. The fourth-order valence-corrected chi connectivity index (χ4v) is 1.25. The highest BCUT2D eigenvalue weighted by Gasteiger charge is 2.18. The Bertz CT molecular complexity index is 462. The third-order valence-corrected chi connectivity index (χ3v) is 2.11. The van der Waals surface area contributed by atoms with Gasteiger partial charge in [0.05, 0.1) is 18.6 Å². The molecular formula is C11H9FN2O2. The van der Waals surface area contributed by atoms with Gasteiger partial charge in [-0.05, 0) is 17.7 Å². The molecule has 4 nitrogen and oxygen atoms in total. The molecule has 0 saturated heterocycles. The predicted molar refractivity (Wildman–Crippen MR) is 52.3 cm³/mol. The Hall–Kier alpha value is -1.95. The van der Waals surface area contributed by atoms with Crippen molar-refractivity contribution in [3.63, 3.8) is 0 Å². The van der Waals surface area contributed by atoms with E-state index in [1.807, 2.05) is 0 Å². The van der Waals surface area contributed by atoms with Gasteiger partial charge in [-0.1, -0.05) is 6.07 Å². The lowest BCUT2D eigenvalue weighted by molar-refractivity contribution is 0.0527. The van der Waals surface area contributed by atoms with Crippen molar-refractivity contribution >= 4 is 0 Å². The Morgan fingerprint density at radius 1 is 1.31 bits per heavy atom. The van der Waals surface area contributed by atoms with Gasteiger partial charge in [-0.15, -0.1) is 0 Å². The third kappa shape index (κ3) is 2.54. The van der Waals surface area contributed by atoms with Gasteiger partial charge in [0.2, 0.25) is 0 Å². The Labute approximate surface area is 91.8 Å². The van der Waals surface area contributed by atoms with Gasteiger partial charge in [0.25, 0.3) is 0 Å². The number of hydrogen-bond donors (Lipinski definition) is 2. The Morgan fingerprint density at radius 3 is 2.56 bits per heavy atom. The summed E-state index contributed by atoms with van der Waals surface area (Å²) in [5, 5.41) is 35.5. The summed E-state index contributed by atoms with van der Waals surface area (Å²) < 4.78 is 13.1. The van der Waals surface area contributed by atoms with E-state index in [9.17, 15) is 9.50 Å². The summed E-state index contributed by atoms with van der Waals surface area (Å²) in [6.45, 7) is 0. The van der Waals surface area contributed by atoms with Crippen LogP contribution in [0.15, 0.2) is 18.2 Å². The van der Waals surface area contributed by atoms with E-state index in [-0.39, 0.29) is 17.5 Å². The molecule has 1 aromatic carbocycles. The standard InChI is InChI=1S/C11H9FN2O2/c12-9-2-1-8(5-7(9)3-4-13)11(16)10(15)6-14/h1-2,5,10-11,15-16H,3H2. The molecule has 0 bridgehead atoms. The quantitative estimate of drug-likeness (QED) is 0.738. The van der Waals surface area contributed by atoms with Crippen molar-refractivity contribution in [2.75, 3.05) is 0 Å². The SMILES string of the molecule is N#CCc1cc(C(O)C(O)C#N)ccc1F. The van der Waals surface area contributed by atoms with Gasteiger partial charge >= 0.3 is 0 Å². The first-order valence-electron chi connectivity index (χ1n) is 4.51. The van der Waals surface area contributed by atoms with Crippen LogP contribution in [0.2, 0.25) is 0 Å². The number of nitriles is 2. The van der Waals surface area contributed by atoms with Gasteiger partial charge in [0.15, 0.2) is 6.10 Å². The molecule has 0 aliphatic carbocycles. The first-order chi connectivity index (χ1) is 7.60. The normalized spacial score (nSPS) is 13.6. The predicted octanol–water partition coefficient (Wildman–Crippen LogP) is 0.810. The van der Waals surface area contributed by atoms with E-state index in [0.29, 0.717) is 0 Å². The van der Waals surface area contributed by atoms with Gasteiger partial charge in [-0.2, -0.15) is 10.5 Å². The molecule has 2 N–H and O–H groups in total. The molecule has 2 atom stereocenters. The molecular weight excluding hydrogens is 211 g/mol. The minimum atomic E-state index is -1.57. The second kappa shape index (κ2) is 5.22. The summed E-state index contributed by atoms with van der Waals surface area (Å²) in [6, 6.07) is 6.89. The van der Waals surface area contributed by atoms with E-state index in [2.05, 4.69) is 0 Å². The van der Waals surface area contributed by atoms with Crippen LogP contribution in [-0.4, -0.2) is 16.3 Å². The van der Waals surface area contributed by atoms with Crippen molar-refractivity contribution < 1.29 is 14.6 Å². The lowest BCUT2D eigenvalue weighted by Crippen LogP contribution is -2.16. The summed E-state index contributed by atoms with van der Waals surface area (Å²) in [5.74, 6) is -0.552. The van der Waals surface area contributed by atoms with Crippen LogP contribution in [0.25, 0.3) is 0 Å². The number of halogens is 1. The highest BCUT2D eigenvalue weighted by molar-refractivity contribution is 5.29. The fraction of sp³-hybridized carbons (Fsp3) is 0.273. The van der Waals surface area contributed by atoms with Crippen molar-refractivity contribution in [2.45, 2.75) is 18.6 Å². The summed E-state index contributed by atoms with van der Waals surface area (Å²) in [6.07, 6.45) is -3.10. The van der Waals surface area contributed by atoms with E-state index < -0.39 is 18.0 Å². The maximum atomic E-state index is 13.1. The van der Waals surface area contributed by atoms with Crippen molar-refractivity contribution in [1.29, 1.82) is 10.5 Å². The lowest BCUT2D eigenvalue weighted by Gasteiger charge is -2.12. The monoisotopic (exact) mass is 220 g/mol. The molecule has 0 saturated carbocycles. The molecule has 0 aliphatic rings. The molecule has 0 spiro atoms. The number of aliphatic hydroxyl groups excluding tert-OH is 2.